The number of nitrogens with two attached hydrogens (primary N) is 1. The number of halogens is 1. The van der Waals surface area contributed by atoms with Crippen molar-refractivity contribution in [3.63, 3.8) is 0 Å². The highest BCUT2D eigenvalue weighted by molar-refractivity contribution is 6.30. The molecule has 0 bridgehead atoms. The fourth-order valence-electron chi connectivity index (χ4n) is 3.38. The first-order chi connectivity index (χ1) is 10.1. The Morgan fingerprint density at radius 1 is 1.52 bits per heavy atom. The topological polar surface area (TPSA) is 55.6 Å². The standard InChI is InChI=1S/C16H21ClN2O2/c1-10-4-11(7-18)8-19(10)16(20)13-5-12-6-14(17)2-3-15(12)21-9-13/h2-3,6,10-11,13H,4-5,7-9,18H2,1H3. The zero-order valence-electron chi connectivity index (χ0n) is 12.2. The Labute approximate surface area is 130 Å². The summed E-state index contributed by atoms with van der Waals surface area (Å²) in [6.07, 6.45) is 1.70. The molecule has 1 aromatic rings. The van der Waals surface area contributed by atoms with Gasteiger partial charge >= 0.3 is 0 Å². The Morgan fingerprint density at radius 3 is 3.05 bits per heavy atom. The number of rotatable bonds is 2. The number of carbonyl (C=O) groups excluding carboxylic acids is 1. The Hall–Kier alpha value is -1.26. The van der Waals surface area contributed by atoms with Gasteiger partial charge in [-0.25, -0.2) is 0 Å². The Kier molecular flexibility index (Phi) is 4.09. The molecule has 3 unspecified atom stereocenters. The van der Waals surface area contributed by atoms with Gasteiger partial charge < -0.3 is 15.4 Å². The number of hydrogen-bond acceptors (Lipinski definition) is 3. The summed E-state index contributed by atoms with van der Waals surface area (Å²) in [5, 5.41) is 0.684. The van der Waals surface area contributed by atoms with Gasteiger partial charge in [-0.15, -0.1) is 0 Å². The van der Waals surface area contributed by atoms with Crippen molar-refractivity contribution < 1.29 is 9.53 Å². The van der Waals surface area contributed by atoms with Crippen LogP contribution in [0.4, 0.5) is 0 Å². The molecule has 0 aliphatic carbocycles. The van der Waals surface area contributed by atoms with Crippen molar-refractivity contribution in [1.82, 2.24) is 4.90 Å². The first kappa shape index (κ1) is 14.7. The van der Waals surface area contributed by atoms with Gasteiger partial charge in [-0.05, 0) is 56.0 Å². The Bertz CT molecular complexity index is 549. The second-order valence-corrected chi connectivity index (χ2v) is 6.58. The van der Waals surface area contributed by atoms with Crippen LogP contribution in [0.25, 0.3) is 0 Å². The van der Waals surface area contributed by atoms with Gasteiger partial charge in [-0.2, -0.15) is 0 Å². The summed E-state index contributed by atoms with van der Waals surface area (Å²) in [5.74, 6) is 1.34. The second kappa shape index (κ2) is 5.85. The van der Waals surface area contributed by atoms with Gasteiger partial charge in [-0.1, -0.05) is 11.6 Å². The van der Waals surface area contributed by atoms with E-state index < -0.39 is 0 Å². The van der Waals surface area contributed by atoms with Crippen molar-refractivity contribution in [2.45, 2.75) is 25.8 Å². The van der Waals surface area contributed by atoms with E-state index in [4.69, 9.17) is 22.1 Å². The molecule has 2 N–H and O–H groups in total. The number of ether oxygens (including phenoxy) is 1. The molecule has 1 saturated heterocycles. The largest absolute Gasteiger partial charge is 0.492 e. The monoisotopic (exact) mass is 308 g/mol. The first-order valence-electron chi connectivity index (χ1n) is 7.50. The molecule has 0 aromatic heterocycles. The lowest BCUT2D eigenvalue weighted by molar-refractivity contribution is -0.137. The second-order valence-electron chi connectivity index (χ2n) is 6.14. The molecule has 0 spiro atoms. The minimum absolute atomic E-state index is 0.116. The van der Waals surface area contributed by atoms with E-state index >= 15 is 0 Å². The number of hydrogen-bond donors (Lipinski definition) is 1. The van der Waals surface area contributed by atoms with Gasteiger partial charge in [0.25, 0.3) is 0 Å². The lowest BCUT2D eigenvalue weighted by Gasteiger charge is -2.30. The number of amides is 1. The molecule has 0 radical (unpaired) electrons. The lowest BCUT2D eigenvalue weighted by atomic mass is 9.95. The third kappa shape index (κ3) is 2.87. The number of nitrogens with zero attached hydrogens (tertiary/aromatic N) is 1. The van der Waals surface area contributed by atoms with Crippen molar-refractivity contribution in [1.29, 1.82) is 0 Å². The average Bonchev–Trinajstić information content (AvgIpc) is 2.87. The molecule has 1 fully saturated rings. The molecular weight excluding hydrogens is 288 g/mol. The van der Waals surface area contributed by atoms with E-state index in [1.165, 1.54) is 0 Å². The molecule has 0 saturated carbocycles. The molecule has 2 aliphatic rings. The van der Waals surface area contributed by atoms with Gasteiger partial charge in [-0.3, -0.25) is 4.79 Å². The third-order valence-corrected chi connectivity index (χ3v) is 4.79. The van der Waals surface area contributed by atoms with Crippen LogP contribution in [0.2, 0.25) is 5.02 Å². The zero-order valence-corrected chi connectivity index (χ0v) is 13.0. The van der Waals surface area contributed by atoms with Gasteiger partial charge in [0.1, 0.15) is 12.4 Å². The summed E-state index contributed by atoms with van der Waals surface area (Å²) in [7, 11) is 0. The number of benzene rings is 1. The fourth-order valence-corrected chi connectivity index (χ4v) is 3.57. The smallest absolute Gasteiger partial charge is 0.229 e. The number of likely N-dealkylation sites (tertiary alicyclic amines) is 1. The molecule has 2 aliphatic heterocycles. The van der Waals surface area contributed by atoms with Crippen LogP contribution in [0.1, 0.15) is 18.9 Å². The van der Waals surface area contributed by atoms with Gasteiger partial charge in [0.2, 0.25) is 5.91 Å². The number of carbonyl (C=O) groups is 1. The highest BCUT2D eigenvalue weighted by Crippen LogP contribution is 2.32. The summed E-state index contributed by atoms with van der Waals surface area (Å²) in [4.78, 5) is 14.7. The van der Waals surface area contributed by atoms with E-state index in [0.717, 1.165) is 24.3 Å². The molecule has 2 heterocycles. The van der Waals surface area contributed by atoms with E-state index in [0.29, 0.717) is 30.5 Å². The summed E-state index contributed by atoms with van der Waals surface area (Å²) < 4.78 is 5.73. The van der Waals surface area contributed by atoms with E-state index in [1.54, 1.807) is 0 Å². The van der Waals surface area contributed by atoms with E-state index in [9.17, 15) is 4.79 Å². The van der Waals surface area contributed by atoms with Crippen molar-refractivity contribution in [3.8, 4) is 5.75 Å². The summed E-state index contributed by atoms with van der Waals surface area (Å²) in [6, 6.07) is 5.86. The molecule has 5 heteroatoms. The predicted octanol–water partition coefficient (Wildman–Crippen LogP) is 2.09. The van der Waals surface area contributed by atoms with Crippen LogP contribution in [-0.4, -0.2) is 36.5 Å². The fraction of sp³-hybridized carbons (Fsp3) is 0.562. The molecule has 3 rings (SSSR count). The average molecular weight is 309 g/mol. The predicted molar refractivity (Wildman–Crippen MR) is 82.5 cm³/mol. The minimum Gasteiger partial charge on any atom is -0.492 e. The van der Waals surface area contributed by atoms with Crippen LogP contribution in [0.5, 0.6) is 5.75 Å². The van der Waals surface area contributed by atoms with Gasteiger partial charge in [0, 0.05) is 17.6 Å². The molecule has 114 valence electrons. The summed E-state index contributed by atoms with van der Waals surface area (Å²) in [6.45, 7) is 3.97. The maximum absolute atomic E-state index is 12.7. The maximum atomic E-state index is 12.7. The zero-order chi connectivity index (χ0) is 15.0. The normalized spacial score (nSPS) is 28.1. The van der Waals surface area contributed by atoms with Crippen LogP contribution in [0.15, 0.2) is 18.2 Å². The molecule has 3 atom stereocenters. The van der Waals surface area contributed by atoms with Crippen molar-refractivity contribution in [2.24, 2.45) is 17.6 Å². The molecule has 1 amide bonds. The van der Waals surface area contributed by atoms with Gasteiger partial charge in [0.15, 0.2) is 0 Å². The molecular formula is C16H21ClN2O2. The van der Waals surface area contributed by atoms with E-state index in [2.05, 4.69) is 6.92 Å². The van der Waals surface area contributed by atoms with E-state index in [1.807, 2.05) is 23.1 Å². The quantitative estimate of drug-likeness (QED) is 0.910. The third-order valence-electron chi connectivity index (χ3n) is 4.56. The lowest BCUT2D eigenvalue weighted by Crippen LogP contribution is -2.42. The molecule has 4 nitrogen and oxygen atoms in total. The van der Waals surface area contributed by atoms with Crippen LogP contribution >= 0.6 is 11.6 Å². The van der Waals surface area contributed by atoms with Crippen LogP contribution in [0, 0.1) is 11.8 Å². The Balaban J connectivity index is 1.72. The summed E-state index contributed by atoms with van der Waals surface area (Å²) in [5.41, 5.74) is 6.76. The summed E-state index contributed by atoms with van der Waals surface area (Å²) >= 11 is 6.03. The van der Waals surface area contributed by atoms with Crippen molar-refractivity contribution in [2.75, 3.05) is 19.7 Å². The molecule has 21 heavy (non-hydrogen) atoms. The maximum Gasteiger partial charge on any atom is 0.229 e. The van der Waals surface area contributed by atoms with Gasteiger partial charge in [0.05, 0.1) is 5.92 Å². The SMILES string of the molecule is CC1CC(CN)CN1C(=O)C1COc2ccc(Cl)cc2C1. The first-order valence-corrected chi connectivity index (χ1v) is 7.88. The van der Waals surface area contributed by atoms with Crippen LogP contribution in [0.3, 0.4) is 0 Å². The van der Waals surface area contributed by atoms with Crippen LogP contribution < -0.4 is 10.5 Å². The van der Waals surface area contributed by atoms with Crippen molar-refractivity contribution >= 4 is 17.5 Å². The van der Waals surface area contributed by atoms with Crippen LogP contribution in [-0.2, 0) is 11.2 Å². The van der Waals surface area contributed by atoms with E-state index in [-0.39, 0.29) is 17.9 Å². The highest BCUT2D eigenvalue weighted by Gasteiger charge is 2.36. The highest BCUT2D eigenvalue weighted by atomic mass is 35.5. The Morgan fingerprint density at radius 2 is 2.33 bits per heavy atom. The number of fused-ring (bicyclic) bond motifs is 1. The van der Waals surface area contributed by atoms with Crippen molar-refractivity contribution in [3.05, 3.63) is 28.8 Å². The molecule has 1 aromatic carbocycles. The minimum atomic E-state index is -0.116.